The Hall–Kier alpha value is -0.670. The largest absolute Gasteiger partial charge is 0.397 e. The van der Waals surface area contributed by atoms with Gasteiger partial charge in [0.25, 0.3) is 0 Å². The van der Waals surface area contributed by atoms with Crippen molar-refractivity contribution >= 4 is 31.2 Å². The molecule has 6 N–H and O–H groups in total. The molecule has 0 unspecified atom stereocenters. The van der Waals surface area contributed by atoms with Gasteiger partial charge in [-0.05, 0) is 0 Å². The number of ether oxygens (including phenoxy) is 4. The van der Waals surface area contributed by atoms with E-state index in [4.69, 9.17) is 32.6 Å². The molecule has 0 aromatic carbocycles. The predicted octanol–water partition coefficient (Wildman–Crippen LogP) is -3.99. The van der Waals surface area contributed by atoms with E-state index < -0.39 is 106 Å². The zero-order valence-electron chi connectivity index (χ0n) is 18.4. The average molecular weight is 595 g/mol. The molecule has 36 heavy (non-hydrogen) atoms. The second-order valence-electron chi connectivity index (χ2n) is 7.63. The minimum atomic E-state index is -5.25. The first-order chi connectivity index (χ1) is 16.4. The molecule has 19 nitrogen and oxygen atoms in total. The highest BCUT2D eigenvalue weighted by atomic mass is 32.3. The molecule has 214 valence electrons. The fraction of sp³-hybridized carbons (Fsp3) is 1.00. The summed E-state index contributed by atoms with van der Waals surface area (Å²) in [6.45, 7) is -0.708. The van der Waals surface area contributed by atoms with Gasteiger partial charge in [0, 0.05) is 13.0 Å². The molecule has 10 atom stereocenters. The van der Waals surface area contributed by atoms with Crippen molar-refractivity contribution in [1.82, 2.24) is 0 Å². The predicted molar refractivity (Wildman–Crippen MR) is 108 cm³/mol. The summed E-state index contributed by atoms with van der Waals surface area (Å²) >= 11 is 0. The first-order valence-corrected chi connectivity index (χ1v) is 13.9. The molecule has 0 saturated carbocycles. The number of hydrogen-bond acceptors (Lipinski definition) is 16. The molecule has 2 aliphatic rings. The van der Waals surface area contributed by atoms with Crippen LogP contribution in [0.15, 0.2) is 0 Å². The van der Waals surface area contributed by atoms with E-state index in [0.29, 0.717) is 0 Å². The van der Waals surface area contributed by atoms with Crippen molar-refractivity contribution < 1.29 is 85.7 Å². The van der Waals surface area contributed by atoms with E-state index in [1.54, 1.807) is 0 Å². The molecule has 0 spiro atoms. The first-order valence-electron chi connectivity index (χ1n) is 9.76. The van der Waals surface area contributed by atoms with Crippen molar-refractivity contribution in [3.05, 3.63) is 0 Å². The summed E-state index contributed by atoms with van der Waals surface area (Å²) in [5.41, 5.74) is 0. The van der Waals surface area contributed by atoms with Crippen LogP contribution in [0, 0.1) is 5.92 Å². The highest BCUT2D eigenvalue weighted by molar-refractivity contribution is 7.81. The van der Waals surface area contributed by atoms with E-state index in [1.807, 2.05) is 0 Å². The van der Waals surface area contributed by atoms with Crippen molar-refractivity contribution in [2.75, 3.05) is 20.3 Å². The standard InChI is InChI=1S/C14H26O19S3/c1-5-8(16)6(3-15)29-14(10(5)32-35(21,22)23)31-11-7(4-28-34(18,19)20)30-13(27-2)12(9(11)17)33-36(24,25)26/h5-17H,3-4H2,1-2H3,(H,18,19,20)(H,21,22,23)(H,24,25,26)/t5-,6+,7+,8+,9-,10+,11-,12+,13-,14-/m0/s1. The van der Waals surface area contributed by atoms with Crippen molar-refractivity contribution in [2.45, 2.75) is 62.2 Å². The van der Waals surface area contributed by atoms with Crippen LogP contribution in [0.5, 0.6) is 0 Å². The van der Waals surface area contributed by atoms with Crippen LogP contribution >= 0.6 is 0 Å². The van der Waals surface area contributed by atoms with Gasteiger partial charge in [-0.15, -0.1) is 0 Å². The molecule has 2 fully saturated rings. The molecule has 2 rings (SSSR count). The third-order valence-corrected chi connectivity index (χ3v) is 6.55. The van der Waals surface area contributed by atoms with Gasteiger partial charge in [0.2, 0.25) is 0 Å². The average Bonchev–Trinajstić information content (AvgIpc) is 2.72. The van der Waals surface area contributed by atoms with Crippen LogP contribution in [0.2, 0.25) is 0 Å². The molecular weight excluding hydrogens is 568 g/mol. The van der Waals surface area contributed by atoms with E-state index in [0.717, 1.165) is 7.11 Å². The van der Waals surface area contributed by atoms with Gasteiger partial charge in [-0.25, -0.2) is 12.5 Å². The molecule has 0 bridgehead atoms. The van der Waals surface area contributed by atoms with Crippen LogP contribution in [-0.4, -0.2) is 130 Å². The van der Waals surface area contributed by atoms with E-state index >= 15 is 0 Å². The third kappa shape index (κ3) is 8.69. The fourth-order valence-electron chi connectivity index (χ4n) is 3.58. The number of aliphatic hydroxyl groups excluding tert-OH is 3. The van der Waals surface area contributed by atoms with Gasteiger partial charge in [0.05, 0.1) is 19.3 Å². The van der Waals surface area contributed by atoms with Crippen molar-refractivity contribution in [3.63, 3.8) is 0 Å². The molecule has 2 saturated heterocycles. The van der Waals surface area contributed by atoms with E-state index in [9.17, 15) is 40.6 Å². The maximum atomic E-state index is 11.3. The summed E-state index contributed by atoms with van der Waals surface area (Å²) in [5.74, 6) is -1.23. The molecule has 0 aromatic rings. The van der Waals surface area contributed by atoms with E-state index in [2.05, 4.69) is 12.5 Å². The second-order valence-corrected chi connectivity index (χ2v) is 10.8. The molecule has 2 heterocycles. The van der Waals surface area contributed by atoms with Gasteiger partial charge in [-0.1, -0.05) is 6.92 Å². The summed E-state index contributed by atoms with van der Waals surface area (Å²) in [6.07, 6.45) is -16.6. The highest BCUT2D eigenvalue weighted by Gasteiger charge is 2.53. The minimum absolute atomic E-state index is 0.830. The number of rotatable bonds is 11. The third-order valence-electron chi connectivity index (χ3n) is 5.18. The van der Waals surface area contributed by atoms with Gasteiger partial charge in [-0.2, -0.15) is 25.3 Å². The topological polar surface area (TPSA) is 288 Å². The van der Waals surface area contributed by atoms with Crippen LogP contribution in [0.4, 0.5) is 0 Å². The summed E-state index contributed by atoms with van der Waals surface area (Å²) in [6, 6.07) is 0. The summed E-state index contributed by atoms with van der Waals surface area (Å²) in [7, 11) is -14.6. The lowest BCUT2D eigenvalue weighted by Gasteiger charge is -2.47. The number of aliphatic hydroxyl groups is 3. The Morgan fingerprint density at radius 1 is 0.750 bits per heavy atom. The lowest BCUT2D eigenvalue weighted by Crippen LogP contribution is -2.64. The van der Waals surface area contributed by atoms with E-state index in [-0.39, 0.29) is 0 Å². The smallest absolute Gasteiger partial charge is 0.394 e. The van der Waals surface area contributed by atoms with Gasteiger partial charge < -0.3 is 34.3 Å². The van der Waals surface area contributed by atoms with Crippen LogP contribution in [0.25, 0.3) is 0 Å². The van der Waals surface area contributed by atoms with Gasteiger partial charge in [-0.3, -0.25) is 13.7 Å². The fourth-order valence-corrected chi connectivity index (χ4v) is 4.92. The molecule has 2 aliphatic heterocycles. The van der Waals surface area contributed by atoms with Gasteiger partial charge in [0.15, 0.2) is 18.7 Å². The number of methoxy groups -OCH3 is 1. The highest BCUT2D eigenvalue weighted by Crippen LogP contribution is 2.34. The Bertz CT molecular complexity index is 1040. The van der Waals surface area contributed by atoms with Gasteiger partial charge in [0.1, 0.15) is 30.5 Å². The Balaban J connectivity index is 2.46. The quantitative estimate of drug-likeness (QED) is 0.124. The van der Waals surface area contributed by atoms with Crippen LogP contribution < -0.4 is 0 Å². The minimum Gasteiger partial charge on any atom is -0.394 e. The van der Waals surface area contributed by atoms with Crippen molar-refractivity contribution in [3.8, 4) is 0 Å². The van der Waals surface area contributed by atoms with Crippen molar-refractivity contribution in [2.24, 2.45) is 5.92 Å². The second kappa shape index (κ2) is 12.0. The summed E-state index contributed by atoms with van der Waals surface area (Å²) in [5, 5.41) is 30.5. The maximum absolute atomic E-state index is 11.3. The van der Waals surface area contributed by atoms with Crippen LogP contribution in [-0.2, 0) is 62.7 Å². The molecule has 0 radical (unpaired) electrons. The molecule has 0 aliphatic carbocycles. The molecule has 0 amide bonds. The Kier molecular flexibility index (Phi) is 10.5. The first kappa shape index (κ1) is 31.5. The van der Waals surface area contributed by atoms with E-state index in [1.165, 1.54) is 6.92 Å². The lowest BCUT2D eigenvalue weighted by molar-refractivity contribution is -0.347. The van der Waals surface area contributed by atoms with Crippen LogP contribution in [0.1, 0.15) is 6.92 Å². The number of hydrogen-bond donors (Lipinski definition) is 6. The Morgan fingerprint density at radius 2 is 1.28 bits per heavy atom. The van der Waals surface area contributed by atoms with Crippen molar-refractivity contribution in [1.29, 1.82) is 0 Å². The Labute approximate surface area is 205 Å². The zero-order valence-corrected chi connectivity index (χ0v) is 20.9. The normalized spacial score (nSPS) is 38.7. The summed E-state index contributed by atoms with van der Waals surface area (Å²) < 4.78 is 128. The zero-order chi connectivity index (χ0) is 27.6. The summed E-state index contributed by atoms with van der Waals surface area (Å²) in [4.78, 5) is 0. The Morgan fingerprint density at radius 3 is 1.75 bits per heavy atom. The monoisotopic (exact) mass is 594 g/mol. The molecular formula is C14H26O19S3. The van der Waals surface area contributed by atoms with Crippen LogP contribution in [0.3, 0.4) is 0 Å². The maximum Gasteiger partial charge on any atom is 0.397 e. The lowest BCUT2D eigenvalue weighted by atomic mass is 9.90. The molecule has 22 heteroatoms. The molecule has 0 aromatic heterocycles. The van der Waals surface area contributed by atoms with Gasteiger partial charge >= 0.3 is 31.2 Å². The SMILES string of the molecule is CO[C@H]1O[C@H](COS(=O)(=O)O)[C@H](O[C@@H]2O[C@H](CO)[C@H](O)[C@H](C)[C@H]2OS(=O)(=O)O)[C@H](O)[C@H]1OS(=O)(=O)O.